The van der Waals surface area contributed by atoms with Crippen LogP contribution in [0.1, 0.15) is 45.2 Å². The molecule has 0 saturated carbocycles. The molecule has 2 bridgehead atoms. The maximum atomic E-state index is 2.54. The molecule has 86 heavy (non-hydrogen) atoms. The minimum Gasteiger partial charge on any atom is -0.311 e. The Hall–Kier alpha value is -10.8. The summed E-state index contributed by atoms with van der Waals surface area (Å²) in [6.07, 6.45) is 0. The summed E-state index contributed by atoms with van der Waals surface area (Å²) in [7, 11) is 0. The van der Waals surface area contributed by atoms with Gasteiger partial charge in [0.25, 0.3) is 13.4 Å². The van der Waals surface area contributed by atoms with Crippen LogP contribution in [-0.2, 0) is 0 Å². The van der Waals surface area contributed by atoms with Gasteiger partial charge < -0.3 is 19.6 Å². The average Bonchev–Trinajstić information content (AvgIpc) is 0.854. The molecule has 0 radical (unpaired) electrons. The second-order valence-electron chi connectivity index (χ2n) is 23.8. The van der Waals surface area contributed by atoms with Crippen LogP contribution in [0.5, 0.6) is 0 Å². The minimum absolute atomic E-state index is 0.0260. The fraction of sp³-hybridized carbons (Fsp3) is 0.0250. The lowest BCUT2D eigenvalue weighted by Gasteiger charge is -2.46. The third-order valence-electron chi connectivity index (χ3n) is 19.5. The zero-order valence-corrected chi connectivity index (χ0v) is 47.0. The van der Waals surface area contributed by atoms with E-state index in [1.54, 1.807) is 0 Å². The van der Waals surface area contributed by atoms with E-state index in [-0.39, 0.29) is 25.3 Å². The molecule has 0 aromatic heterocycles. The van der Waals surface area contributed by atoms with Gasteiger partial charge in [0.2, 0.25) is 0 Å². The van der Waals surface area contributed by atoms with E-state index in [0.717, 1.165) is 22.7 Å². The van der Waals surface area contributed by atoms with Crippen molar-refractivity contribution < 1.29 is 0 Å². The zero-order valence-electron chi connectivity index (χ0n) is 47.0. The minimum atomic E-state index is -0.0670. The van der Waals surface area contributed by atoms with Gasteiger partial charge in [-0.2, -0.15) is 0 Å². The summed E-state index contributed by atoms with van der Waals surface area (Å²) in [5.74, 6) is -0.0368. The van der Waals surface area contributed by atoms with Crippen LogP contribution in [0, 0.1) is 0 Å². The van der Waals surface area contributed by atoms with Gasteiger partial charge in [-0.3, -0.25) is 0 Å². The summed E-state index contributed by atoms with van der Waals surface area (Å²) in [6, 6.07) is 114. The summed E-state index contributed by atoms with van der Waals surface area (Å²) in [5.41, 5.74) is 35.4. The van der Waals surface area contributed by atoms with E-state index in [2.05, 4.69) is 323 Å². The monoisotopic (exact) mass is 1090 g/mol. The number of anilines is 12. The summed E-state index contributed by atoms with van der Waals surface area (Å²) >= 11 is 0. The van der Waals surface area contributed by atoms with Crippen molar-refractivity contribution in [2.24, 2.45) is 0 Å². The van der Waals surface area contributed by atoms with Crippen LogP contribution >= 0.6 is 0 Å². The molecule has 13 aromatic carbocycles. The fourth-order valence-electron chi connectivity index (χ4n) is 16.3. The molecule has 4 nitrogen and oxygen atoms in total. The van der Waals surface area contributed by atoms with Gasteiger partial charge in [-0.25, -0.2) is 0 Å². The number of fused-ring (bicyclic) bond motifs is 8. The molecule has 20 rings (SSSR count). The van der Waals surface area contributed by atoms with E-state index in [0.29, 0.717) is 0 Å². The van der Waals surface area contributed by atoms with Crippen molar-refractivity contribution in [3.8, 4) is 22.3 Å². The van der Waals surface area contributed by atoms with Crippen molar-refractivity contribution in [2.45, 2.75) is 11.8 Å². The van der Waals surface area contributed by atoms with Gasteiger partial charge in [0.15, 0.2) is 0 Å². The lowest BCUT2D eigenvalue weighted by molar-refractivity contribution is 0.758. The Morgan fingerprint density at radius 2 is 0.488 bits per heavy atom. The predicted octanol–water partition coefficient (Wildman–Crippen LogP) is 16.2. The zero-order chi connectivity index (χ0) is 56.1. The molecule has 0 atom stereocenters. The highest BCUT2D eigenvalue weighted by atomic mass is 15.2. The molecule has 0 fully saturated rings. The Labute approximate surface area is 501 Å². The highest BCUT2D eigenvalue weighted by molar-refractivity contribution is 7.01. The van der Waals surface area contributed by atoms with Crippen LogP contribution in [0.3, 0.4) is 0 Å². The predicted molar refractivity (Wildman–Crippen MR) is 360 cm³/mol. The number of hydrogen-bond acceptors (Lipinski definition) is 4. The van der Waals surface area contributed by atoms with E-state index >= 15 is 0 Å². The first-order valence-corrected chi connectivity index (χ1v) is 30.2. The van der Waals surface area contributed by atoms with Crippen LogP contribution in [0.4, 0.5) is 68.2 Å². The Balaban J connectivity index is 0.875. The summed E-state index contributed by atoms with van der Waals surface area (Å²) in [5, 5.41) is 0. The van der Waals surface area contributed by atoms with E-state index in [4.69, 9.17) is 0 Å². The quantitative estimate of drug-likeness (QED) is 0.154. The highest BCUT2D eigenvalue weighted by Gasteiger charge is 2.48. The van der Waals surface area contributed by atoms with Gasteiger partial charge in [-0.15, -0.1) is 0 Å². The molecular weight excluding hydrogens is 1040 g/mol. The van der Waals surface area contributed by atoms with Crippen LogP contribution in [0.15, 0.2) is 303 Å². The number of nitrogens with zero attached hydrogens (tertiary/aromatic N) is 4. The molecule has 0 spiro atoms. The van der Waals surface area contributed by atoms with Gasteiger partial charge in [0.05, 0.1) is 0 Å². The van der Waals surface area contributed by atoms with Crippen LogP contribution in [-0.4, -0.2) is 13.4 Å². The molecule has 398 valence electrons. The molecular formula is C80H52B2N4. The van der Waals surface area contributed by atoms with Crippen LogP contribution in [0.25, 0.3) is 22.3 Å². The smallest absolute Gasteiger partial charge is 0.252 e. The van der Waals surface area contributed by atoms with Crippen molar-refractivity contribution in [1.82, 2.24) is 0 Å². The maximum Gasteiger partial charge on any atom is 0.252 e. The van der Waals surface area contributed by atoms with E-state index in [9.17, 15) is 0 Å². The van der Waals surface area contributed by atoms with Gasteiger partial charge in [-0.05, 0) is 185 Å². The second kappa shape index (κ2) is 18.3. The molecule has 0 N–H and O–H groups in total. The summed E-state index contributed by atoms with van der Waals surface area (Å²) in [6.45, 7) is 0.0520. The summed E-state index contributed by atoms with van der Waals surface area (Å²) in [4.78, 5) is 10.2. The molecule has 6 heteroatoms. The maximum absolute atomic E-state index is 2.54. The summed E-state index contributed by atoms with van der Waals surface area (Å²) < 4.78 is 0. The molecule has 7 aliphatic rings. The molecule has 3 aliphatic carbocycles. The van der Waals surface area contributed by atoms with E-state index in [1.165, 1.54) is 134 Å². The van der Waals surface area contributed by atoms with Crippen LogP contribution < -0.4 is 52.4 Å². The Morgan fingerprint density at radius 1 is 0.221 bits per heavy atom. The van der Waals surface area contributed by atoms with Crippen molar-refractivity contribution in [1.29, 1.82) is 0 Å². The molecule has 0 unspecified atom stereocenters. The first-order chi connectivity index (χ1) is 42.7. The molecule has 4 aliphatic heterocycles. The van der Waals surface area contributed by atoms with Gasteiger partial charge in [0.1, 0.15) is 0 Å². The number of hydrogen-bond donors (Lipinski definition) is 0. The highest BCUT2D eigenvalue weighted by Crippen LogP contribution is 2.61. The third-order valence-corrected chi connectivity index (χ3v) is 19.5. The normalized spacial score (nSPS) is 15.5. The molecule has 0 amide bonds. The SMILES string of the molecule is c1ccc(N2c3ccccc3B3c4ccccc4N(c4ccccc4)c4cc(-c5cccc6c5C5c7ccccc7C6c6cccc(-c7cc8c9c(c7)N(c7ccccc7)c7ccccc7B9c7ccccc7N8c7ccccc7)c65)cc2c43)cc1. The van der Waals surface area contributed by atoms with Crippen molar-refractivity contribution in [2.75, 3.05) is 19.6 Å². The molecule has 13 aromatic rings. The van der Waals surface area contributed by atoms with Gasteiger partial charge in [0, 0.05) is 80.1 Å². The molecule has 0 saturated heterocycles. The Bertz CT molecular complexity index is 4440. The molecule has 4 heterocycles. The van der Waals surface area contributed by atoms with Gasteiger partial charge in [-0.1, -0.05) is 206 Å². The topological polar surface area (TPSA) is 13.0 Å². The van der Waals surface area contributed by atoms with Crippen molar-refractivity contribution in [3.63, 3.8) is 0 Å². The number of para-hydroxylation sites is 8. The average molecular weight is 1090 g/mol. The fourth-order valence-corrected chi connectivity index (χ4v) is 16.3. The van der Waals surface area contributed by atoms with Crippen molar-refractivity contribution in [3.05, 3.63) is 337 Å². The van der Waals surface area contributed by atoms with E-state index < -0.39 is 0 Å². The largest absolute Gasteiger partial charge is 0.311 e. The number of rotatable bonds is 6. The van der Waals surface area contributed by atoms with Crippen LogP contribution in [0.2, 0.25) is 0 Å². The third kappa shape index (κ3) is 6.61. The first-order valence-electron chi connectivity index (χ1n) is 30.2. The lowest BCUT2D eigenvalue weighted by atomic mass is 9.33. The second-order valence-corrected chi connectivity index (χ2v) is 23.8. The number of benzene rings is 13. The standard InChI is InChI=1S/C80H52B2N4/c1-5-25-53(26-6-1)83-67-43-19-15-39-63(67)81-64-40-16-20-44-68(64)84(54-27-7-2-8-28-54)72-48-51(47-71(83)79(72)81)57-35-23-37-61-75-59-33-13-14-34-60(59)78(76(57)61)77-58(36-24-38-62(75)77)52-49-73-80-74(50-52)86(56-31-11-4-12-32-56)70-46-22-18-42-66(70)82(80)65-41-17-21-45-69(65)85(73)55-29-9-3-10-30-55/h1-50,75,78H. The Morgan fingerprint density at radius 3 is 0.814 bits per heavy atom. The Kier molecular flexibility index (Phi) is 10.2. The van der Waals surface area contributed by atoms with Crippen molar-refractivity contribution >= 4 is 114 Å². The first kappa shape index (κ1) is 47.7. The lowest BCUT2D eigenvalue weighted by Crippen LogP contribution is -2.61. The van der Waals surface area contributed by atoms with E-state index in [1.807, 2.05) is 0 Å². The van der Waals surface area contributed by atoms with Gasteiger partial charge >= 0.3 is 0 Å².